The lowest BCUT2D eigenvalue weighted by molar-refractivity contribution is -0.133. The maximum Gasteiger partial charge on any atom is 0.253 e. The zero-order valence-corrected chi connectivity index (χ0v) is 14.3. The van der Waals surface area contributed by atoms with Gasteiger partial charge in [0, 0.05) is 24.7 Å². The largest absolute Gasteiger partial charge is 0.353 e. The van der Waals surface area contributed by atoms with Crippen LogP contribution in [0.3, 0.4) is 0 Å². The quantitative estimate of drug-likeness (QED) is 0.868. The predicted octanol–water partition coefficient (Wildman–Crippen LogP) is 3.15. The van der Waals surface area contributed by atoms with Gasteiger partial charge in [-0.1, -0.05) is 30.4 Å². The van der Waals surface area contributed by atoms with Crippen molar-refractivity contribution in [2.75, 3.05) is 13.1 Å². The van der Waals surface area contributed by atoms with E-state index < -0.39 is 5.41 Å². The second-order valence-electron chi connectivity index (χ2n) is 7.21. The van der Waals surface area contributed by atoms with Crippen molar-refractivity contribution in [3.8, 4) is 0 Å². The molecule has 4 nitrogen and oxygen atoms in total. The summed E-state index contributed by atoms with van der Waals surface area (Å²) in [5, 5.41) is 3.20. The molecule has 1 aliphatic carbocycles. The van der Waals surface area contributed by atoms with Crippen molar-refractivity contribution in [1.82, 2.24) is 10.2 Å². The van der Waals surface area contributed by atoms with Crippen molar-refractivity contribution in [1.29, 1.82) is 0 Å². The molecule has 0 unspecified atom stereocenters. The maximum absolute atomic E-state index is 12.8. The molecule has 4 heteroatoms. The molecule has 0 aromatic heterocycles. The number of carbonyl (C=O) groups is 2. The Morgan fingerprint density at radius 1 is 1.21 bits per heavy atom. The molecule has 0 spiro atoms. The Hall–Kier alpha value is -2.10. The Labute approximate surface area is 143 Å². The fourth-order valence-electron chi connectivity index (χ4n) is 3.65. The number of rotatable bonds is 3. The first-order valence-electron chi connectivity index (χ1n) is 8.89. The molecule has 1 heterocycles. The molecule has 1 fully saturated rings. The van der Waals surface area contributed by atoms with Gasteiger partial charge in [0.05, 0.1) is 5.41 Å². The lowest BCUT2D eigenvalue weighted by atomic mass is 9.80. The second kappa shape index (κ2) is 7.20. The van der Waals surface area contributed by atoms with Crippen LogP contribution in [0.15, 0.2) is 42.5 Å². The van der Waals surface area contributed by atoms with E-state index in [9.17, 15) is 9.59 Å². The monoisotopic (exact) mass is 326 g/mol. The summed E-state index contributed by atoms with van der Waals surface area (Å²) in [7, 11) is 0. The van der Waals surface area contributed by atoms with Gasteiger partial charge in [0.2, 0.25) is 5.91 Å². The standard InChI is InChI=1S/C20H26N2O2/c1-20(19(24)21-17-11-6-3-7-12-17)13-8-14-22(15-20)18(23)16-9-4-2-5-10-16/h2-6,9-10,17H,7-8,11-15H2,1H3,(H,21,24)/t17-,20+/m0/s1. The summed E-state index contributed by atoms with van der Waals surface area (Å²) >= 11 is 0. The van der Waals surface area contributed by atoms with Crippen molar-refractivity contribution in [2.45, 2.75) is 45.1 Å². The van der Waals surface area contributed by atoms with Gasteiger partial charge in [-0.05, 0) is 51.2 Å². The van der Waals surface area contributed by atoms with E-state index in [1.807, 2.05) is 42.2 Å². The van der Waals surface area contributed by atoms with Crippen molar-refractivity contribution < 1.29 is 9.59 Å². The molecule has 128 valence electrons. The molecule has 2 atom stereocenters. The van der Waals surface area contributed by atoms with Crippen LogP contribution in [-0.4, -0.2) is 35.8 Å². The molecule has 1 N–H and O–H groups in total. The maximum atomic E-state index is 12.8. The van der Waals surface area contributed by atoms with Gasteiger partial charge in [-0.25, -0.2) is 0 Å². The molecule has 1 aliphatic heterocycles. The van der Waals surface area contributed by atoms with E-state index in [1.165, 1.54) is 0 Å². The topological polar surface area (TPSA) is 49.4 Å². The molecule has 1 aromatic carbocycles. The summed E-state index contributed by atoms with van der Waals surface area (Å²) in [4.78, 5) is 27.3. The first-order valence-corrected chi connectivity index (χ1v) is 8.89. The first kappa shape index (κ1) is 16.7. The van der Waals surface area contributed by atoms with Crippen LogP contribution in [0.25, 0.3) is 0 Å². The smallest absolute Gasteiger partial charge is 0.253 e. The Kier molecular flexibility index (Phi) is 5.03. The SMILES string of the molecule is C[C@@]1(C(=O)N[C@H]2CC=CCC2)CCCN(C(=O)c2ccccc2)C1. The van der Waals surface area contributed by atoms with Crippen LogP contribution in [0.1, 0.15) is 49.4 Å². The van der Waals surface area contributed by atoms with E-state index in [0.29, 0.717) is 12.1 Å². The number of likely N-dealkylation sites (tertiary alicyclic amines) is 1. The Morgan fingerprint density at radius 2 is 2.00 bits per heavy atom. The highest BCUT2D eigenvalue weighted by Crippen LogP contribution is 2.31. The minimum absolute atomic E-state index is 0.0231. The average Bonchev–Trinajstić information content (AvgIpc) is 2.63. The summed E-state index contributed by atoms with van der Waals surface area (Å²) in [6.45, 7) is 3.21. The lowest BCUT2D eigenvalue weighted by Crippen LogP contribution is -2.53. The van der Waals surface area contributed by atoms with Crippen LogP contribution in [0, 0.1) is 5.41 Å². The number of nitrogens with one attached hydrogen (secondary N) is 1. The Morgan fingerprint density at radius 3 is 2.71 bits per heavy atom. The van der Waals surface area contributed by atoms with E-state index in [1.54, 1.807) is 0 Å². The van der Waals surface area contributed by atoms with Crippen molar-refractivity contribution >= 4 is 11.8 Å². The number of benzene rings is 1. The van der Waals surface area contributed by atoms with E-state index in [0.717, 1.165) is 38.6 Å². The zero-order valence-electron chi connectivity index (χ0n) is 14.3. The van der Waals surface area contributed by atoms with E-state index in [-0.39, 0.29) is 17.9 Å². The molecule has 0 bridgehead atoms. The highest BCUT2D eigenvalue weighted by atomic mass is 16.2. The third-order valence-electron chi connectivity index (χ3n) is 5.16. The van der Waals surface area contributed by atoms with Gasteiger partial charge in [-0.3, -0.25) is 9.59 Å². The molecular weight excluding hydrogens is 300 g/mol. The van der Waals surface area contributed by atoms with Crippen molar-refractivity contribution in [3.63, 3.8) is 0 Å². The molecule has 1 aromatic rings. The van der Waals surface area contributed by atoms with Crippen LogP contribution in [0.2, 0.25) is 0 Å². The molecule has 0 radical (unpaired) electrons. The first-order chi connectivity index (χ1) is 11.6. The predicted molar refractivity (Wildman–Crippen MR) is 94.6 cm³/mol. The van der Waals surface area contributed by atoms with Gasteiger partial charge in [0.15, 0.2) is 0 Å². The fourth-order valence-corrected chi connectivity index (χ4v) is 3.65. The Bertz CT molecular complexity index is 626. The third-order valence-corrected chi connectivity index (χ3v) is 5.16. The Balaban J connectivity index is 1.66. The van der Waals surface area contributed by atoms with E-state index in [4.69, 9.17) is 0 Å². The number of allylic oxidation sites excluding steroid dienone is 1. The second-order valence-corrected chi connectivity index (χ2v) is 7.21. The number of nitrogens with zero attached hydrogens (tertiary/aromatic N) is 1. The average molecular weight is 326 g/mol. The molecule has 0 saturated carbocycles. The summed E-state index contributed by atoms with van der Waals surface area (Å²) in [5.74, 6) is 0.114. The minimum Gasteiger partial charge on any atom is -0.353 e. The van der Waals surface area contributed by atoms with Crippen molar-refractivity contribution in [3.05, 3.63) is 48.0 Å². The zero-order chi connectivity index (χ0) is 17.0. The van der Waals surface area contributed by atoms with Crippen LogP contribution >= 0.6 is 0 Å². The normalized spacial score (nSPS) is 26.9. The fraction of sp³-hybridized carbons (Fsp3) is 0.500. The lowest BCUT2D eigenvalue weighted by Gasteiger charge is -2.40. The number of carbonyl (C=O) groups excluding carboxylic acids is 2. The third kappa shape index (κ3) is 3.69. The molecule has 2 amide bonds. The summed E-state index contributed by atoms with van der Waals surface area (Å²) in [6, 6.07) is 9.56. The van der Waals surface area contributed by atoms with Crippen LogP contribution in [0.5, 0.6) is 0 Å². The number of amides is 2. The van der Waals surface area contributed by atoms with Crippen LogP contribution in [0.4, 0.5) is 0 Å². The number of piperidine rings is 1. The summed E-state index contributed by atoms with van der Waals surface area (Å²) < 4.78 is 0. The molecule has 3 rings (SSSR count). The van der Waals surface area contributed by atoms with Crippen LogP contribution in [-0.2, 0) is 4.79 Å². The van der Waals surface area contributed by atoms with Gasteiger partial charge in [0.25, 0.3) is 5.91 Å². The van der Waals surface area contributed by atoms with Gasteiger partial charge in [-0.15, -0.1) is 0 Å². The van der Waals surface area contributed by atoms with E-state index in [2.05, 4.69) is 17.5 Å². The summed E-state index contributed by atoms with van der Waals surface area (Å²) in [5.41, 5.74) is 0.198. The van der Waals surface area contributed by atoms with Gasteiger partial charge in [-0.2, -0.15) is 0 Å². The van der Waals surface area contributed by atoms with Crippen molar-refractivity contribution in [2.24, 2.45) is 5.41 Å². The van der Waals surface area contributed by atoms with Gasteiger partial charge < -0.3 is 10.2 Å². The number of hydrogen-bond acceptors (Lipinski definition) is 2. The molecule has 24 heavy (non-hydrogen) atoms. The summed E-state index contributed by atoms with van der Waals surface area (Å²) in [6.07, 6.45) is 8.96. The molecule has 2 aliphatic rings. The van der Waals surface area contributed by atoms with Crippen LogP contribution < -0.4 is 5.32 Å². The van der Waals surface area contributed by atoms with Gasteiger partial charge in [0.1, 0.15) is 0 Å². The molecule has 1 saturated heterocycles. The highest BCUT2D eigenvalue weighted by molar-refractivity contribution is 5.95. The highest BCUT2D eigenvalue weighted by Gasteiger charge is 2.40. The number of hydrogen-bond donors (Lipinski definition) is 1. The molecular formula is C20H26N2O2. The van der Waals surface area contributed by atoms with E-state index >= 15 is 0 Å². The van der Waals surface area contributed by atoms with Gasteiger partial charge >= 0.3 is 0 Å². The minimum atomic E-state index is -0.496.